The molecule has 0 N–H and O–H groups in total. The Morgan fingerprint density at radius 2 is 1.90 bits per heavy atom. The van der Waals surface area contributed by atoms with Crippen molar-refractivity contribution in [3.63, 3.8) is 0 Å². The number of amides is 2. The summed E-state index contributed by atoms with van der Waals surface area (Å²) >= 11 is 0. The molecule has 2 aliphatic heterocycles. The molecule has 2 aliphatic rings. The van der Waals surface area contributed by atoms with Crippen LogP contribution in [0.5, 0.6) is 0 Å². The van der Waals surface area contributed by atoms with Gasteiger partial charge in [0.1, 0.15) is 11.6 Å². The third-order valence-electron chi connectivity index (χ3n) is 4.24. The van der Waals surface area contributed by atoms with Crippen molar-refractivity contribution in [2.24, 2.45) is 5.92 Å². The second kappa shape index (κ2) is 5.93. The molecule has 1 spiro atoms. The van der Waals surface area contributed by atoms with E-state index >= 15 is 0 Å². The molecule has 2 saturated heterocycles. The van der Waals surface area contributed by atoms with Crippen LogP contribution in [0.15, 0.2) is 0 Å². The van der Waals surface area contributed by atoms with E-state index in [0.29, 0.717) is 38.6 Å². The molecule has 0 saturated carbocycles. The van der Waals surface area contributed by atoms with Gasteiger partial charge in [0.2, 0.25) is 11.8 Å². The Morgan fingerprint density at radius 1 is 1.29 bits per heavy atom. The second-order valence-corrected chi connectivity index (χ2v) is 7.01. The fourth-order valence-corrected chi connectivity index (χ4v) is 3.05. The highest BCUT2D eigenvalue weighted by molar-refractivity contribution is 5.81. The van der Waals surface area contributed by atoms with Gasteiger partial charge < -0.3 is 14.5 Å². The molecule has 120 valence electrons. The molecule has 0 bridgehead atoms. The fraction of sp³-hybridized carbons (Fsp3) is 0.867. The van der Waals surface area contributed by atoms with Gasteiger partial charge in [0.05, 0.1) is 19.7 Å². The molecule has 6 heteroatoms. The maximum absolute atomic E-state index is 12.1. The number of likely N-dealkylation sites (N-methyl/N-ethyl adjacent to an activating group) is 2. The lowest BCUT2D eigenvalue weighted by Crippen LogP contribution is -2.73. The highest BCUT2D eigenvalue weighted by atomic mass is 16.5. The number of nitrogens with zero attached hydrogens (tertiary/aromatic N) is 3. The number of likely N-dealkylation sites (tertiary alicyclic amines) is 1. The number of ether oxygens (including phenoxy) is 1. The van der Waals surface area contributed by atoms with E-state index in [0.717, 1.165) is 0 Å². The lowest BCUT2D eigenvalue weighted by Gasteiger charge is -2.55. The topological polar surface area (TPSA) is 53.1 Å². The monoisotopic (exact) mass is 297 g/mol. The van der Waals surface area contributed by atoms with E-state index in [-0.39, 0.29) is 23.5 Å². The van der Waals surface area contributed by atoms with Crippen LogP contribution >= 0.6 is 0 Å². The van der Waals surface area contributed by atoms with Gasteiger partial charge in [-0.25, -0.2) is 0 Å². The number of morpholine rings is 1. The van der Waals surface area contributed by atoms with Gasteiger partial charge in [0, 0.05) is 27.1 Å². The molecule has 0 unspecified atom stereocenters. The lowest BCUT2D eigenvalue weighted by molar-refractivity contribution is -0.203. The van der Waals surface area contributed by atoms with Crippen LogP contribution in [0.4, 0.5) is 0 Å². The van der Waals surface area contributed by atoms with Crippen molar-refractivity contribution < 1.29 is 14.3 Å². The van der Waals surface area contributed by atoms with Crippen LogP contribution in [-0.2, 0) is 14.3 Å². The average Bonchev–Trinajstić information content (AvgIpc) is 2.33. The van der Waals surface area contributed by atoms with E-state index in [2.05, 4.69) is 18.7 Å². The summed E-state index contributed by atoms with van der Waals surface area (Å²) in [4.78, 5) is 29.6. The molecule has 6 nitrogen and oxygen atoms in total. The van der Waals surface area contributed by atoms with E-state index in [4.69, 9.17) is 4.74 Å². The fourth-order valence-electron chi connectivity index (χ4n) is 3.05. The quantitative estimate of drug-likeness (QED) is 0.738. The van der Waals surface area contributed by atoms with Gasteiger partial charge in [-0.2, -0.15) is 0 Å². The zero-order chi connectivity index (χ0) is 15.8. The van der Waals surface area contributed by atoms with Gasteiger partial charge >= 0.3 is 0 Å². The third-order valence-corrected chi connectivity index (χ3v) is 4.24. The van der Waals surface area contributed by atoms with Crippen LogP contribution in [0, 0.1) is 5.92 Å². The van der Waals surface area contributed by atoms with E-state index in [1.54, 1.807) is 19.0 Å². The van der Waals surface area contributed by atoms with Gasteiger partial charge in [-0.05, 0) is 13.0 Å². The van der Waals surface area contributed by atoms with E-state index in [1.807, 2.05) is 11.9 Å². The SMILES string of the molecule is CC(C)CC(=O)N1CC2(C1)CN(C)[C@H](C(=O)N(C)C)CO2. The Bertz CT molecular complexity index is 416. The minimum absolute atomic E-state index is 0.0689. The number of rotatable bonds is 3. The molecular formula is C15H27N3O3. The molecule has 0 radical (unpaired) electrons. The summed E-state index contributed by atoms with van der Waals surface area (Å²) in [6.07, 6.45) is 0.591. The number of hydrogen-bond donors (Lipinski definition) is 0. The van der Waals surface area contributed by atoms with Crippen molar-refractivity contribution in [2.75, 3.05) is 47.4 Å². The van der Waals surface area contributed by atoms with E-state index in [9.17, 15) is 9.59 Å². The van der Waals surface area contributed by atoms with Gasteiger partial charge in [0.15, 0.2) is 0 Å². The first-order valence-electron chi connectivity index (χ1n) is 7.57. The Morgan fingerprint density at radius 3 is 2.38 bits per heavy atom. The molecule has 2 amide bonds. The van der Waals surface area contributed by atoms with Gasteiger partial charge in [-0.3, -0.25) is 14.5 Å². The maximum Gasteiger partial charge on any atom is 0.241 e. The molecule has 0 aromatic heterocycles. The normalized spacial score (nSPS) is 25.0. The summed E-state index contributed by atoms with van der Waals surface area (Å²) in [5.74, 6) is 0.652. The summed E-state index contributed by atoms with van der Waals surface area (Å²) in [5.41, 5.74) is -0.273. The second-order valence-electron chi connectivity index (χ2n) is 7.01. The zero-order valence-corrected chi connectivity index (χ0v) is 13.8. The largest absolute Gasteiger partial charge is 0.368 e. The first-order valence-corrected chi connectivity index (χ1v) is 7.57. The Kier molecular flexibility index (Phi) is 4.58. The van der Waals surface area contributed by atoms with Gasteiger partial charge in [-0.15, -0.1) is 0 Å². The Balaban J connectivity index is 1.87. The van der Waals surface area contributed by atoms with Crippen LogP contribution in [0.3, 0.4) is 0 Å². The van der Waals surface area contributed by atoms with Crippen molar-refractivity contribution in [3.8, 4) is 0 Å². The smallest absolute Gasteiger partial charge is 0.241 e. The molecule has 21 heavy (non-hydrogen) atoms. The Hall–Kier alpha value is -1.14. The van der Waals surface area contributed by atoms with Crippen LogP contribution in [0.2, 0.25) is 0 Å². The van der Waals surface area contributed by atoms with E-state index < -0.39 is 0 Å². The molecule has 2 heterocycles. The Labute approximate surface area is 127 Å². The molecular weight excluding hydrogens is 270 g/mol. The molecule has 0 aliphatic carbocycles. The first-order chi connectivity index (χ1) is 9.74. The maximum atomic E-state index is 12.1. The van der Waals surface area contributed by atoms with Gasteiger partial charge in [0.25, 0.3) is 0 Å². The van der Waals surface area contributed by atoms with E-state index in [1.165, 1.54) is 0 Å². The van der Waals surface area contributed by atoms with Crippen molar-refractivity contribution in [2.45, 2.75) is 31.9 Å². The van der Waals surface area contributed by atoms with Crippen LogP contribution in [0.1, 0.15) is 20.3 Å². The summed E-state index contributed by atoms with van der Waals surface area (Å²) in [6, 6.07) is -0.217. The lowest BCUT2D eigenvalue weighted by atomic mass is 9.89. The molecule has 1 atom stereocenters. The molecule has 0 aromatic carbocycles. The minimum atomic E-state index is -0.273. The summed E-state index contributed by atoms with van der Waals surface area (Å²) in [7, 11) is 5.47. The number of carbonyl (C=O) groups is 2. The van der Waals surface area contributed by atoms with Crippen LogP contribution in [-0.4, -0.2) is 85.5 Å². The third kappa shape index (κ3) is 3.37. The average molecular weight is 297 g/mol. The molecule has 2 fully saturated rings. The predicted octanol–water partition coefficient (Wildman–Crippen LogP) is 0.0323. The minimum Gasteiger partial charge on any atom is -0.368 e. The first kappa shape index (κ1) is 16.2. The van der Waals surface area contributed by atoms with Crippen molar-refractivity contribution in [3.05, 3.63) is 0 Å². The summed E-state index contributed by atoms with van der Waals surface area (Å²) in [6.45, 7) is 6.49. The van der Waals surface area contributed by atoms with Crippen molar-refractivity contribution >= 4 is 11.8 Å². The summed E-state index contributed by atoms with van der Waals surface area (Å²) in [5, 5.41) is 0. The van der Waals surface area contributed by atoms with Crippen molar-refractivity contribution in [1.29, 1.82) is 0 Å². The zero-order valence-electron chi connectivity index (χ0n) is 13.8. The number of hydrogen-bond acceptors (Lipinski definition) is 4. The highest BCUT2D eigenvalue weighted by Crippen LogP contribution is 2.31. The summed E-state index contributed by atoms with van der Waals surface area (Å²) < 4.78 is 5.96. The molecule has 2 rings (SSSR count). The predicted molar refractivity (Wildman–Crippen MR) is 79.8 cm³/mol. The van der Waals surface area contributed by atoms with Gasteiger partial charge in [-0.1, -0.05) is 13.8 Å². The standard InChI is InChI=1S/C15H27N3O3/c1-11(2)6-13(19)18-9-15(10-18)8-17(5)12(7-21-15)14(20)16(3)4/h11-12H,6-10H2,1-5H3/t12-/m0/s1. The highest BCUT2D eigenvalue weighted by Gasteiger charge is 2.51. The van der Waals surface area contributed by atoms with Crippen LogP contribution < -0.4 is 0 Å². The van der Waals surface area contributed by atoms with Crippen LogP contribution in [0.25, 0.3) is 0 Å². The van der Waals surface area contributed by atoms with Crippen molar-refractivity contribution in [1.82, 2.24) is 14.7 Å². The molecule has 0 aromatic rings. The number of carbonyl (C=O) groups excluding carboxylic acids is 2.